The molecule has 4 aromatic rings. The number of aryl methyl sites for hydroxylation is 1. The van der Waals surface area contributed by atoms with E-state index in [2.05, 4.69) is 0 Å². The molecule has 11 nitrogen and oxygen atoms in total. The maximum Gasteiger partial charge on any atom is 0.302 e. The van der Waals surface area contributed by atoms with Crippen LogP contribution in [-0.2, 0) is 36.9 Å². The van der Waals surface area contributed by atoms with Crippen molar-refractivity contribution in [3.8, 4) is 22.9 Å². The van der Waals surface area contributed by atoms with Crippen molar-refractivity contribution in [1.29, 1.82) is 0 Å². The van der Waals surface area contributed by atoms with Crippen LogP contribution in [0.5, 0.6) is 11.6 Å². The smallest absolute Gasteiger partial charge is 0.302 e. The van der Waals surface area contributed by atoms with Crippen molar-refractivity contribution in [1.82, 2.24) is 13.9 Å². The van der Waals surface area contributed by atoms with Crippen LogP contribution in [0.2, 0.25) is 0 Å². The van der Waals surface area contributed by atoms with Crippen LogP contribution in [0.4, 0.5) is 0 Å². The van der Waals surface area contributed by atoms with E-state index in [0.29, 0.717) is 59.4 Å². The number of hydrogen-bond acceptors (Lipinski definition) is 11. The molecule has 1 unspecified atom stereocenters. The molecular formula is C34H41N3O8S. The Morgan fingerprint density at radius 3 is 2.67 bits per heavy atom. The summed E-state index contributed by atoms with van der Waals surface area (Å²) in [5.41, 5.74) is 3.30. The zero-order chi connectivity index (χ0) is 32.0. The standard InChI is InChI=1S/C34H41N3O8S/c1-21(38)45-24-12-10-22(11-13-24)14-15-37-34(39)26-8-6-7-25(32(26)46-37)30-33(41-3)35-27-17-23(19-43-29-9-4-5-16-42-29)18-28(31(27)36-30)44-20-40-2/h6-8,17-18,22,24,29H,4-5,9-16,19-20H2,1-3H3. The summed E-state index contributed by atoms with van der Waals surface area (Å²) in [6.45, 7) is 3.18. The second kappa shape index (κ2) is 14.9. The summed E-state index contributed by atoms with van der Waals surface area (Å²) in [7, 11) is 3.13. The molecule has 2 aliphatic rings. The average Bonchev–Trinajstić information content (AvgIpc) is 3.40. The number of methoxy groups -OCH3 is 2. The van der Waals surface area contributed by atoms with Crippen molar-refractivity contribution in [2.45, 2.75) is 83.8 Å². The third-order valence-corrected chi connectivity index (χ3v) is 9.85. The molecule has 2 fully saturated rings. The van der Waals surface area contributed by atoms with Gasteiger partial charge in [0.2, 0.25) is 5.88 Å². The van der Waals surface area contributed by atoms with Crippen molar-refractivity contribution in [2.75, 3.05) is 27.6 Å². The van der Waals surface area contributed by atoms with Crippen molar-refractivity contribution in [3.05, 3.63) is 46.2 Å². The van der Waals surface area contributed by atoms with Gasteiger partial charge in [0.15, 0.2) is 18.8 Å². The predicted molar refractivity (Wildman–Crippen MR) is 174 cm³/mol. The van der Waals surface area contributed by atoms with Crippen molar-refractivity contribution in [2.24, 2.45) is 5.92 Å². The Morgan fingerprint density at radius 1 is 1.09 bits per heavy atom. The summed E-state index contributed by atoms with van der Waals surface area (Å²) < 4.78 is 36.8. The summed E-state index contributed by atoms with van der Waals surface area (Å²) in [5, 5.41) is 0.637. The van der Waals surface area contributed by atoms with Gasteiger partial charge >= 0.3 is 5.97 Å². The van der Waals surface area contributed by atoms with E-state index >= 15 is 0 Å². The molecule has 0 amide bonds. The average molecular weight is 652 g/mol. The summed E-state index contributed by atoms with van der Waals surface area (Å²) in [4.78, 5) is 34.7. The van der Waals surface area contributed by atoms with Gasteiger partial charge < -0.3 is 28.4 Å². The minimum absolute atomic E-state index is 0.0119. The van der Waals surface area contributed by atoms with Crippen LogP contribution >= 0.6 is 11.5 Å². The zero-order valence-corrected chi connectivity index (χ0v) is 27.4. The quantitative estimate of drug-likeness (QED) is 0.129. The van der Waals surface area contributed by atoms with Gasteiger partial charge in [0, 0.05) is 32.7 Å². The summed E-state index contributed by atoms with van der Waals surface area (Å²) in [6.07, 6.45) is 7.41. The van der Waals surface area contributed by atoms with E-state index < -0.39 is 0 Å². The number of nitrogens with zero attached hydrogens (tertiary/aromatic N) is 3. The highest BCUT2D eigenvalue weighted by Gasteiger charge is 2.25. The molecule has 0 spiro atoms. The Balaban J connectivity index is 1.28. The van der Waals surface area contributed by atoms with Crippen molar-refractivity contribution in [3.63, 3.8) is 0 Å². The topological polar surface area (TPSA) is 120 Å². The summed E-state index contributed by atoms with van der Waals surface area (Å²) in [5.74, 6) is 1.14. The molecule has 2 aromatic heterocycles. The molecule has 1 saturated carbocycles. The van der Waals surface area contributed by atoms with E-state index in [4.69, 9.17) is 38.4 Å². The first-order chi connectivity index (χ1) is 22.4. The number of hydrogen-bond donors (Lipinski definition) is 0. The van der Waals surface area contributed by atoms with Gasteiger partial charge in [-0.2, -0.15) is 0 Å². The first-order valence-electron chi connectivity index (χ1n) is 16.0. The molecule has 1 atom stereocenters. The normalized spacial score (nSPS) is 20.2. The van der Waals surface area contributed by atoms with Gasteiger partial charge in [-0.25, -0.2) is 9.97 Å². The number of carbonyl (C=O) groups excluding carboxylic acids is 1. The van der Waals surface area contributed by atoms with Crippen LogP contribution in [0.15, 0.2) is 35.1 Å². The highest BCUT2D eigenvalue weighted by molar-refractivity contribution is 7.14. The Bertz CT molecular complexity index is 1720. The molecule has 46 heavy (non-hydrogen) atoms. The molecule has 1 aliphatic carbocycles. The molecule has 0 N–H and O–H groups in total. The minimum atomic E-state index is -0.224. The third-order valence-electron chi connectivity index (χ3n) is 8.66. The van der Waals surface area contributed by atoms with E-state index in [0.717, 1.165) is 67.2 Å². The van der Waals surface area contributed by atoms with Gasteiger partial charge in [0.25, 0.3) is 5.56 Å². The fourth-order valence-corrected chi connectivity index (χ4v) is 7.44. The number of aromatic nitrogens is 3. The lowest BCUT2D eigenvalue weighted by molar-refractivity contribution is -0.168. The lowest BCUT2D eigenvalue weighted by Gasteiger charge is -2.27. The Labute approximate surface area is 271 Å². The molecule has 1 saturated heterocycles. The van der Waals surface area contributed by atoms with Gasteiger partial charge in [0.1, 0.15) is 17.3 Å². The lowest BCUT2D eigenvalue weighted by atomic mass is 9.85. The second-order valence-electron chi connectivity index (χ2n) is 11.9. The third kappa shape index (κ3) is 7.35. The van der Waals surface area contributed by atoms with Gasteiger partial charge in [-0.05, 0) is 81.0 Å². The first-order valence-corrected chi connectivity index (χ1v) is 16.7. The van der Waals surface area contributed by atoms with Crippen LogP contribution in [0.25, 0.3) is 32.4 Å². The van der Waals surface area contributed by atoms with Gasteiger partial charge in [-0.3, -0.25) is 13.5 Å². The van der Waals surface area contributed by atoms with E-state index in [1.807, 2.05) is 34.3 Å². The highest BCUT2D eigenvalue weighted by atomic mass is 32.1. The Hall–Kier alpha value is -3.58. The first kappa shape index (κ1) is 32.4. The second-order valence-corrected chi connectivity index (χ2v) is 13.0. The van der Waals surface area contributed by atoms with Crippen LogP contribution in [0.1, 0.15) is 63.9 Å². The molecule has 1 aliphatic heterocycles. The molecule has 2 aromatic carbocycles. The van der Waals surface area contributed by atoms with Gasteiger partial charge in [-0.15, -0.1) is 0 Å². The number of rotatable bonds is 12. The maximum atomic E-state index is 13.5. The molecule has 3 heterocycles. The van der Waals surface area contributed by atoms with E-state index in [-0.39, 0.29) is 30.7 Å². The van der Waals surface area contributed by atoms with Crippen LogP contribution in [-0.4, -0.2) is 59.9 Å². The monoisotopic (exact) mass is 651 g/mol. The number of ether oxygens (including phenoxy) is 6. The number of benzene rings is 2. The minimum Gasteiger partial charge on any atom is -0.479 e. The summed E-state index contributed by atoms with van der Waals surface area (Å²) in [6, 6.07) is 9.48. The van der Waals surface area contributed by atoms with Crippen LogP contribution < -0.4 is 15.0 Å². The van der Waals surface area contributed by atoms with Crippen LogP contribution in [0, 0.1) is 5.92 Å². The largest absolute Gasteiger partial charge is 0.479 e. The van der Waals surface area contributed by atoms with Gasteiger partial charge in [0.05, 0.1) is 29.3 Å². The molecule has 0 radical (unpaired) electrons. The van der Waals surface area contributed by atoms with E-state index in [1.54, 1.807) is 14.2 Å². The number of carbonyl (C=O) groups is 1. The summed E-state index contributed by atoms with van der Waals surface area (Å²) >= 11 is 1.44. The van der Waals surface area contributed by atoms with E-state index in [1.165, 1.54) is 18.5 Å². The molecule has 6 rings (SSSR count). The fraction of sp³-hybridized carbons (Fsp3) is 0.529. The molecule has 12 heteroatoms. The SMILES string of the molecule is COCOc1cc(COC2CCCCO2)cc2nc(OC)c(-c3cccc4c(=O)n(CCC5CCC(OC(C)=O)CC5)sc34)nc12. The molecule has 0 bridgehead atoms. The predicted octanol–water partition coefficient (Wildman–Crippen LogP) is 6.22. The van der Waals surface area contributed by atoms with E-state index in [9.17, 15) is 9.59 Å². The lowest BCUT2D eigenvalue weighted by Crippen LogP contribution is -2.24. The molecule has 246 valence electrons. The highest BCUT2D eigenvalue weighted by Crippen LogP contribution is 2.38. The molecular weight excluding hydrogens is 610 g/mol. The Morgan fingerprint density at radius 2 is 1.93 bits per heavy atom. The van der Waals surface area contributed by atoms with Crippen molar-refractivity contribution < 1.29 is 33.2 Å². The number of fused-ring (bicyclic) bond motifs is 2. The number of esters is 1. The Kier molecular flexibility index (Phi) is 10.5. The van der Waals surface area contributed by atoms with Crippen LogP contribution in [0.3, 0.4) is 0 Å². The van der Waals surface area contributed by atoms with Crippen molar-refractivity contribution >= 4 is 38.6 Å². The van der Waals surface area contributed by atoms with Gasteiger partial charge in [-0.1, -0.05) is 23.7 Å². The fourth-order valence-electron chi connectivity index (χ4n) is 6.33. The zero-order valence-electron chi connectivity index (χ0n) is 26.6. The maximum absolute atomic E-state index is 13.5.